The van der Waals surface area contributed by atoms with E-state index in [4.69, 9.17) is 4.74 Å². The molecule has 0 aromatic heterocycles. The summed E-state index contributed by atoms with van der Waals surface area (Å²) < 4.78 is 5.72. The van der Waals surface area contributed by atoms with E-state index in [1.165, 1.54) is 4.90 Å². The lowest BCUT2D eigenvalue weighted by Gasteiger charge is -2.21. The number of nitrogens with one attached hydrogen (secondary N) is 2. The molecule has 0 rings (SSSR count). The Morgan fingerprint density at radius 1 is 1.36 bits per heavy atom. The van der Waals surface area contributed by atoms with Gasteiger partial charge in [0.25, 0.3) is 0 Å². The van der Waals surface area contributed by atoms with Crippen molar-refractivity contribution in [2.24, 2.45) is 10.9 Å². The number of hydrogen-bond donors (Lipinski definition) is 2. The maximum atomic E-state index is 11.6. The summed E-state index contributed by atoms with van der Waals surface area (Å²) in [5, 5.41) is 6.34. The van der Waals surface area contributed by atoms with Crippen LogP contribution >= 0.6 is 0 Å². The minimum absolute atomic E-state index is 0.0333. The molecule has 0 aromatic carbocycles. The van der Waals surface area contributed by atoms with Crippen molar-refractivity contribution in [3.8, 4) is 0 Å². The first-order valence-electron chi connectivity index (χ1n) is 7.87. The van der Waals surface area contributed by atoms with Gasteiger partial charge in [-0.15, -0.1) is 6.58 Å². The highest BCUT2D eigenvalue weighted by atomic mass is 16.5. The fourth-order valence-corrected chi connectivity index (χ4v) is 1.79. The van der Waals surface area contributed by atoms with Crippen molar-refractivity contribution in [3.05, 3.63) is 12.7 Å². The molecule has 2 N–H and O–H groups in total. The third kappa shape index (κ3) is 9.39. The zero-order valence-electron chi connectivity index (χ0n) is 14.7. The molecule has 0 saturated carbocycles. The number of ether oxygens (including phenoxy) is 1. The number of aliphatic imine (C=N–C) groups is 1. The van der Waals surface area contributed by atoms with Crippen molar-refractivity contribution in [3.63, 3.8) is 0 Å². The molecule has 0 aliphatic carbocycles. The number of guanidine groups is 1. The normalized spacial score (nSPS) is 12.9. The number of likely N-dealkylation sites (N-methyl/N-ethyl adjacent to an activating group) is 1. The minimum atomic E-state index is -0.0333. The quantitative estimate of drug-likeness (QED) is 0.362. The lowest BCUT2D eigenvalue weighted by Crippen LogP contribution is -2.40. The molecule has 6 nitrogen and oxygen atoms in total. The van der Waals surface area contributed by atoms with Gasteiger partial charge in [-0.05, 0) is 19.3 Å². The summed E-state index contributed by atoms with van der Waals surface area (Å²) >= 11 is 0. The van der Waals surface area contributed by atoms with Gasteiger partial charge in [-0.1, -0.05) is 19.9 Å². The molecule has 6 heteroatoms. The van der Waals surface area contributed by atoms with Crippen LogP contribution < -0.4 is 10.6 Å². The summed E-state index contributed by atoms with van der Waals surface area (Å²) in [5.74, 6) is 1.06. The highest BCUT2D eigenvalue weighted by Gasteiger charge is 2.13. The second-order valence-corrected chi connectivity index (χ2v) is 5.58. The molecule has 0 aliphatic heterocycles. The average Bonchev–Trinajstić information content (AvgIpc) is 2.47. The molecular weight excluding hydrogens is 280 g/mol. The first kappa shape index (κ1) is 20.4. The van der Waals surface area contributed by atoms with Gasteiger partial charge in [-0.2, -0.15) is 0 Å². The summed E-state index contributed by atoms with van der Waals surface area (Å²) in [4.78, 5) is 17.4. The fourth-order valence-electron chi connectivity index (χ4n) is 1.79. The maximum Gasteiger partial charge on any atom is 0.243 e. The zero-order chi connectivity index (χ0) is 17.0. The van der Waals surface area contributed by atoms with Crippen LogP contribution in [-0.2, 0) is 9.53 Å². The van der Waals surface area contributed by atoms with Gasteiger partial charge >= 0.3 is 0 Å². The average molecular weight is 312 g/mol. The topological polar surface area (TPSA) is 66.0 Å². The predicted molar refractivity (Wildman–Crippen MR) is 92.1 cm³/mol. The van der Waals surface area contributed by atoms with Crippen LogP contribution in [0.15, 0.2) is 17.6 Å². The zero-order valence-corrected chi connectivity index (χ0v) is 14.7. The Balaban J connectivity index is 4.42. The maximum absolute atomic E-state index is 11.6. The molecule has 1 unspecified atom stereocenters. The predicted octanol–water partition coefficient (Wildman–Crippen LogP) is 1.25. The Hall–Kier alpha value is -1.56. The second kappa shape index (κ2) is 12.0. The molecule has 0 heterocycles. The van der Waals surface area contributed by atoms with E-state index in [9.17, 15) is 4.79 Å². The Morgan fingerprint density at radius 3 is 2.55 bits per heavy atom. The van der Waals surface area contributed by atoms with E-state index >= 15 is 0 Å². The number of rotatable bonds is 10. The number of amides is 1. The van der Waals surface area contributed by atoms with E-state index in [-0.39, 0.29) is 18.6 Å². The Morgan fingerprint density at radius 2 is 2.05 bits per heavy atom. The van der Waals surface area contributed by atoms with E-state index in [1.54, 1.807) is 20.2 Å². The summed E-state index contributed by atoms with van der Waals surface area (Å²) in [6.07, 6.45) is 2.87. The van der Waals surface area contributed by atoms with Gasteiger partial charge in [-0.25, -0.2) is 4.99 Å². The molecule has 0 radical (unpaired) electrons. The van der Waals surface area contributed by atoms with Crippen LogP contribution in [0.5, 0.6) is 0 Å². The third-order valence-electron chi connectivity index (χ3n) is 3.13. The monoisotopic (exact) mass is 312 g/mol. The molecule has 0 bridgehead atoms. The van der Waals surface area contributed by atoms with Gasteiger partial charge in [0.2, 0.25) is 5.91 Å². The highest BCUT2D eigenvalue weighted by Crippen LogP contribution is 2.09. The molecular formula is C16H32N4O2. The van der Waals surface area contributed by atoms with E-state index < -0.39 is 0 Å². The first-order valence-corrected chi connectivity index (χ1v) is 7.87. The molecule has 1 atom stereocenters. The molecule has 0 fully saturated rings. The van der Waals surface area contributed by atoms with Gasteiger partial charge in [0.05, 0.1) is 6.10 Å². The summed E-state index contributed by atoms with van der Waals surface area (Å²) in [7, 11) is 3.44. The number of hydrogen-bond acceptors (Lipinski definition) is 3. The Bertz CT molecular complexity index is 354. The van der Waals surface area contributed by atoms with Crippen LogP contribution in [-0.4, -0.2) is 63.2 Å². The van der Waals surface area contributed by atoms with Crippen molar-refractivity contribution in [2.75, 3.05) is 40.3 Å². The molecule has 22 heavy (non-hydrogen) atoms. The molecule has 128 valence electrons. The smallest absolute Gasteiger partial charge is 0.243 e. The second-order valence-electron chi connectivity index (χ2n) is 5.58. The third-order valence-corrected chi connectivity index (χ3v) is 3.13. The fraction of sp³-hybridized carbons (Fsp3) is 0.750. The molecule has 1 amide bonds. The van der Waals surface area contributed by atoms with E-state index in [1.807, 2.05) is 6.92 Å². The molecule has 0 aliphatic rings. The van der Waals surface area contributed by atoms with E-state index in [0.717, 1.165) is 19.6 Å². The van der Waals surface area contributed by atoms with Crippen LogP contribution in [0.4, 0.5) is 0 Å². The van der Waals surface area contributed by atoms with Gasteiger partial charge in [0.1, 0.15) is 6.54 Å². The molecule has 0 aromatic rings. The largest absolute Gasteiger partial charge is 0.378 e. The van der Waals surface area contributed by atoms with Crippen molar-refractivity contribution in [2.45, 2.75) is 33.3 Å². The Labute approximate surface area is 135 Å². The molecule has 0 saturated heterocycles. The highest BCUT2D eigenvalue weighted by molar-refractivity contribution is 5.84. The summed E-state index contributed by atoms with van der Waals surface area (Å²) in [6, 6.07) is 0. The lowest BCUT2D eigenvalue weighted by molar-refractivity contribution is -0.127. The van der Waals surface area contributed by atoms with Gasteiger partial charge < -0.3 is 20.3 Å². The van der Waals surface area contributed by atoms with Crippen LogP contribution in [0.1, 0.15) is 27.2 Å². The van der Waals surface area contributed by atoms with Gasteiger partial charge in [0.15, 0.2) is 5.96 Å². The van der Waals surface area contributed by atoms with Gasteiger partial charge in [0, 0.05) is 33.8 Å². The van der Waals surface area contributed by atoms with E-state index in [2.05, 4.69) is 36.1 Å². The lowest BCUT2D eigenvalue weighted by atomic mass is 10.0. The standard InChI is InChI=1S/C16H32N4O2/c1-7-10-17-16(19-12-15(21)20(5)6)18-11-9-14(13(3)4)22-8-2/h7,13-14H,1,8-12H2,2-6H3,(H2,17,18,19). The van der Waals surface area contributed by atoms with Crippen molar-refractivity contribution in [1.82, 2.24) is 15.5 Å². The van der Waals surface area contributed by atoms with Crippen molar-refractivity contribution < 1.29 is 9.53 Å². The summed E-state index contributed by atoms with van der Waals surface area (Å²) in [6.45, 7) is 12.2. The number of nitrogens with zero attached hydrogens (tertiary/aromatic N) is 2. The van der Waals surface area contributed by atoms with Crippen LogP contribution in [0.25, 0.3) is 0 Å². The van der Waals surface area contributed by atoms with E-state index in [0.29, 0.717) is 18.4 Å². The van der Waals surface area contributed by atoms with Gasteiger partial charge in [-0.3, -0.25) is 4.79 Å². The van der Waals surface area contributed by atoms with Crippen LogP contribution in [0, 0.1) is 5.92 Å². The molecule has 0 spiro atoms. The van der Waals surface area contributed by atoms with Crippen LogP contribution in [0.2, 0.25) is 0 Å². The van der Waals surface area contributed by atoms with Crippen molar-refractivity contribution >= 4 is 11.9 Å². The summed E-state index contributed by atoms with van der Waals surface area (Å²) in [5.41, 5.74) is 0. The van der Waals surface area contributed by atoms with Crippen LogP contribution in [0.3, 0.4) is 0 Å². The Kier molecular flexibility index (Phi) is 11.2. The number of carbonyl (C=O) groups excluding carboxylic acids is 1. The minimum Gasteiger partial charge on any atom is -0.378 e. The SMILES string of the molecule is C=CCNC(=NCC(=O)N(C)C)NCCC(OCC)C(C)C. The first-order chi connectivity index (χ1) is 10.4. The van der Waals surface area contributed by atoms with Crippen molar-refractivity contribution in [1.29, 1.82) is 0 Å². The number of carbonyl (C=O) groups is 1.